The Kier molecular flexibility index (Phi) is 5.56. The second-order valence-corrected chi connectivity index (χ2v) is 6.35. The molecule has 0 bridgehead atoms. The van der Waals surface area contributed by atoms with Crippen LogP contribution in [0.5, 0.6) is 0 Å². The molecule has 0 saturated heterocycles. The Morgan fingerprint density at radius 1 is 1.50 bits per heavy atom. The number of aromatic nitrogens is 2. The summed E-state index contributed by atoms with van der Waals surface area (Å²) in [6.07, 6.45) is 2.47. The fraction of sp³-hybridized carbons (Fsp3) is 0.714. The lowest BCUT2D eigenvalue weighted by Gasteiger charge is -2.25. The summed E-state index contributed by atoms with van der Waals surface area (Å²) < 4.78 is 1.77. The van der Waals surface area contributed by atoms with E-state index >= 15 is 0 Å². The van der Waals surface area contributed by atoms with E-state index in [4.69, 9.17) is 0 Å². The van der Waals surface area contributed by atoms with Crippen LogP contribution in [0.2, 0.25) is 0 Å². The Morgan fingerprint density at radius 3 is 2.60 bits per heavy atom. The molecule has 20 heavy (non-hydrogen) atoms. The maximum Gasteiger partial charge on any atom is 0.315 e. The van der Waals surface area contributed by atoms with E-state index in [1.807, 2.05) is 14.0 Å². The molecule has 114 valence electrons. The van der Waals surface area contributed by atoms with E-state index in [0.717, 1.165) is 17.7 Å². The van der Waals surface area contributed by atoms with Crippen molar-refractivity contribution in [1.29, 1.82) is 0 Å². The molecule has 1 atom stereocenters. The van der Waals surface area contributed by atoms with Gasteiger partial charge in [0.15, 0.2) is 0 Å². The number of aliphatic hydroxyl groups is 1. The molecule has 1 rings (SSSR count). The number of hydrogen-bond acceptors (Lipinski definition) is 3. The third kappa shape index (κ3) is 5.21. The first-order chi connectivity index (χ1) is 9.23. The van der Waals surface area contributed by atoms with Crippen molar-refractivity contribution in [1.82, 2.24) is 20.4 Å². The molecule has 3 N–H and O–H groups in total. The van der Waals surface area contributed by atoms with Gasteiger partial charge in [0.2, 0.25) is 0 Å². The molecule has 0 aliphatic carbocycles. The lowest BCUT2D eigenvalue weighted by atomic mass is 9.88. The average molecular weight is 282 g/mol. The van der Waals surface area contributed by atoms with Crippen LogP contribution in [0.25, 0.3) is 0 Å². The summed E-state index contributed by atoms with van der Waals surface area (Å²) in [5.74, 6) is 0. The summed E-state index contributed by atoms with van der Waals surface area (Å²) in [4.78, 5) is 11.8. The fourth-order valence-corrected chi connectivity index (χ4v) is 2.03. The number of nitrogens with one attached hydrogen (secondary N) is 2. The van der Waals surface area contributed by atoms with Gasteiger partial charge in [0.1, 0.15) is 0 Å². The number of amides is 2. The zero-order valence-electron chi connectivity index (χ0n) is 13.0. The van der Waals surface area contributed by atoms with Crippen LogP contribution in [-0.2, 0) is 13.6 Å². The van der Waals surface area contributed by atoms with Gasteiger partial charge in [-0.15, -0.1) is 0 Å². The molecule has 0 aliphatic heterocycles. The van der Waals surface area contributed by atoms with E-state index in [2.05, 4.69) is 36.5 Å². The van der Waals surface area contributed by atoms with Crippen molar-refractivity contribution < 1.29 is 9.90 Å². The lowest BCUT2D eigenvalue weighted by Crippen LogP contribution is -2.45. The highest BCUT2D eigenvalue weighted by Gasteiger charge is 2.19. The summed E-state index contributed by atoms with van der Waals surface area (Å²) in [7, 11) is 1.87. The molecular formula is C14H26N4O2. The molecule has 1 aromatic heterocycles. The molecule has 6 heteroatoms. The molecule has 0 aliphatic rings. The third-order valence-electron chi connectivity index (χ3n) is 3.19. The van der Waals surface area contributed by atoms with Crippen LogP contribution in [0.1, 0.15) is 38.4 Å². The van der Waals surface area contributed by atoms with Gasteiger partial charge in [-0.3, -0.25) is 4.68 Å². The minimum absolute atomic E-state index is 0.0562. The van der Waals surface area contributed by atoms with Crippen molar-refractivity contribution in [2.24, 2.45) is 12.5 Å². The van der Waals surface area contributed by atoms with E-state index in [0.29, 0.717) is 6.54 Å². The first-order valence-corrected chi connectivity index (χ1v) is 6.85. The summed E-state index contributed by atoms with van der Waals surface area (Å²) >= 11 is 0. The van der Waals surface area contributed by atoms with Crippen LogP contribution in [-0.4, -0.2) is 33.6 Å². The lowest BCUT2D eigenvalue weighted by molar-refractivity contribution is 0.190. The predicted molar refractivity (Wildman–Crippen MR) is 78.3 cm³/mol. The number of aryl methyl sites for hydroxylation is 1. The highest BCUT2D eigenvalue weighted by molar-refractivity contribution is 5.74. The summed E-state index contributed by atoms with van der Waals surface area (Å²) in [6.45, 7) is 8.56. The van der Waals surface area contributed by atoms with Crippen molar-refractivity contribution in [2.75, 3.05) is 6.61 Å². The van der Waals surface area contributed by atoms with Crippen LogP contribution in [0.3, 0.4) is 0 Å². The summed E-state index contributed by atoms with van der Waals surface area (Å²) in [5, 5.41) is 19.0. The number of nitrogens with zero attached hydrogens (tertiary/aromatic N) is 2. The SMILES string of the molecule is Cc1c(CNC(=O)NC(CO)CC(C)(C)C)cnn1C. The Hall–Kier alpha value is -1.56. The number of aliphatic hydroxyl groups excluding tert-OH is 1. The molecule has 0 aromatic carbocycles. The van der Waals surface area contributed by atoms with Crippen LogP contribution in [0.15, 0.2) is 6.20 Å². The van der Waals surface area contributed by atoms with Gasteiger partial charge >= 0.3 is 6.03 Å². The van der Waals surface area contributed by atoms with Gasteiger partial charge in [0.25, 0.3) is 0 Å². The summed E-state index contributed by atoms with van der Waals surface area (Å²) in [5.41, 5.74) is 2.07. The molecule has 1 heterocycles. The Balaban J connectivity index is 2.45. The van der Waals surface area contributed by atoms with E-state index in [-0.39, 0.29) is 24.1 Å². The normalized spacial score (nSPS) is 13.1. The van der Waals surface area contributed by atoms with Crippen LogP contribution in [0.4, 0.5) is 4.79 Å². The zero-order chi connectivity index (χ0) is 15.3. The van der Waals surface area contributed by atoms with E-state index in [1.54, 1.807) is 10.9 Å². The maximum atomic E-state index is 11.8. The van der Waals surface area contributed by atoms with Gasteiger partial charge < -0.3 is 15.7 Å². The molecule has 1 unspecified atom stereocenters. The van der Waals surface area contributed by atoms with Crippen molar-refractivity contribution in [2.45, 2.75) is 46.7 Å². The van der Waals surface area contributed by atoms with Crippen molar-refractivity contribution in [3.8, 4) is 0 Å². The van der Waals surface area contributed by atoms with Crippen molar-refractivity contribution in [3.63, 3.8) is 0 Å². The molecule has 0 saturated carbocycles. The average Bonchev–Trinajstić information content (AvgIpc) is 2.65. The van der Waals surface area contributed by atoms with Gasteiger partial charge in [0, 0.05) is 24.8 Å². The molecule has 0 spiro atoms. The topological polar surface area (TPSA) is 79.2 Å². The fourth-order valence-electron chi connectivity index (χ4n) is 2.03. The minimum Gasteiger partial charge on any atom is -0.394 e. The first-order valence-electron chi connectivity index (χ1n) is 6.85. The first kappa shape index (κ1) is 16.5. The molecule has 6 nitrogen and oxygen atoms in total. The van der Waals surface area contributed by atoms with E-state index in [1.165, 1.54) is 0 Å². The highest BCUT2D eigenvalue weighted by atomic mass is 16.3. The number of rotatable bonds is 5. The van der Waals surface area contributed by atoms with Crippen LogP contribution < -0.4 is 10.6 Å². The van der Waals surface area contributed by atoms with Gasteiger partial charge in [0.05, 0.1) is 18.8 Å². The van der Waals surface area contributed by atoms with E-state index < -0.39 is 0 Å². The van der Waals surface area contributed by atoms with Gasteiger partial charge in [-0.05, 0) is 18.8 Å². The molecule has 1 aromatic rings. The molecule has 2 amide bonds. The minimum atomic E-state index is -0.267. The second kappa shape index (κ2) is 6.74. The number of hydrogen-bond donors (Lipinski definition) is 3. The van der Waals surface area contributed by atoms with Gasteiger partial charge in [-0.25, -0.2) is 4.79 Å². The van der Waals surface area contributed by atoms with Crippen molar-refractivity contribution >= 4 is 6.03 Å². The monoisotopic (exact) mass is 282 g/mol. The zero-order valence-corrected chi connectivity index (χ0v) is 13.0. The number of carbonyl (C=O) groups is 1. The predicted octanol–water partition coefficient (Wildman–Crippen LogP) is 1.32. The Bertz CT molecular complexity index is 449. The highest BCUT2D eigenvalue weighted by Crippen LogP contribution is 2.20. The maximum absolute atomic E-state index is 11.8. The Morgan fingerprint density at radius 2 is 2.15 bits per heavy atom. The van der Waals surface area contributed by atoms with Gasteiger partial charge in [-0.1, -0.05) is 20.8 Å². The standard InChI is InChI=1S/C14H26N4O2/c1-10-11(8-16-18(10)5)7-15-13(20)17-12(9-19)6-14(2,3)4/h8,12,19H,6-7,9H2,1-5H3,(H2,15,17,20). The third-order valence-corrected chi connectivity index (χ3v) is 3.19. The van der Waals surface area contributed by atoms with Crippen LogP contribution >= 0.6 is 0 Å². The Labute approximate surface area is 120 Å². The smallest absolute Gasteiger partial charge is 0.315 e. The van der Waals surface area contributed by atoms with Gasteiger partial charge in [-0.2, -0.15) is 5.10 Å². The second-order valence-electron chi connectivity index (χ2n) is 6.35. The van der Waals surface area contributed by atoms with E-state index in [9.17, 15) is 9.90 Å². The summed E-state index contributed by atoms with van der Waals surface area (Å²) in [6, 6.07) is -0.499. The molecular weight excluding hydrogens is 256 g/mol. The number of urea groups is 1. The number of carbonyl (C=O) groups excluding carboxylic acids is 1. The molecule has 0 radical (unpaired) electrons. The quantitative estimate of drug-likeness (QED) is 0.762. The van der Waals surface area contributed by atoms with Crippen molar-refractivity contribution in [3.05, 3.63) is 17.5 Å². The largest absolute Gasteiger partial charge is 0.394 e. The molecule has 0 fully saturated rings. The van der Waals surface area contributed by atoms with Crippen LogP contribution in [0, 0.1) is 12.3 Å².